The van der Waals surface area contributed by atoms with E-state index in [-0.39, 0.29) is 0 Å². The van der Waals surface area contributed by atoms with Gasteiger partial charge in [-0.3, -0.25) is 9.97 Å². The second kappa shape index (κ2) is 6.62. The molecule has 3 heteroatoms. The highest BCUT2D eigenvalue weighted by molar-refractivity contribution is 5.15. The second-order valence-electron chi connectivity index (χ2n) is 5.48. The summed E-state index contributed by atoms with van der Waals surface area (Å²) in [5.74, 6) is 0.594. The molecule has 1 aromatic heterocycles. The molecule has 0 atom stereocenters. The van der Waals surface area contributed by atoms with Gasteiger partial charge in [0.25, 0.3) is 0 Å². The van der Waals surface area contributed by atoms with Crippen molar-refractivity contribution in [3.05, 3.63) is 60.2 Å². The number of hydrogen-bond donors (Lipinski definition) is 0. The maximum atomic E-state index is 4.44. The minimum atomic E-state index is 0.594. The minimum absolute atomic E-state index is 0.594. The van der Waals surface area contributed by atoms with Gasteiger partial charge >= 0.3 is 0 Å². The van der Waals surface area contributed by atoms with Crippen LogP contribution in [0, 0.1) is 0 Å². The molecule has 1 fully saturated rings. The Morgan fingerprint density at radius 1 is 1.05 bits per heavy atom. The van der Waals surface area contributed by atoms with Gasteiger partial charge in [0.05, 0.1) is 5.69 Å². The van der Waals surface area contributed by atoms with E-state index in [1.807, 2.05) is 6.20 Å². The lowest BCUT2D eigenvalue weighted by molar-refractivity contribution is 0.213. The lowest BCUT2D eigenvalue weighted by Crippen LogP contribution is -2.34. The van der Waals surface area contributed by atoms with Crippen molar-refractivity contribution in [2.24, 2.45) is 0 Å². The van der Waals surface area contributed by atoms with Crippen LogP contribution in [0.2, 0.25) is 0 Å². The van der Waals surface area contributed by atoms with E-state index in [9.17, 15) is 0 Å². The molecule has 0 N–H and O–H groups in total. The van der Waals surface area contributed by atoms with Gasteiger partial charge in [0.15, 0.2) is 0 Å². The van der Waals surface area contributed by atoms with E-state index in [0.717, 1.165) is 18.7 Å². The van der Waals surface area contributed by atoms with Crippen molar-refractivity contribution < 1.29 is 0 Å². The first-order chi connectivity index (χ1) is 9.92. The summed E-state index contributed by atoms with van der Waals surface area (Å²) >= 11 is 0. The smallest absolute Gasteiger partial charge is 0.0618 e. The number of aromatic nitrogens is 2. The van der Waals surface area contributed by atoms with Crippen molar-refractivity contribution in [2.75, 3.05) is 19.6 Å². The van der Waals surface area contributed by atoms with E-state index in [4.69, 9.17) is 0 Å². The lowest BCUT2D eigenvalue weighted by Gasteiger charge is -2.31. The standard InChI is InChI=1S/C17H21N3/c1-2-4-15(5-3-1)6-11-20-12-7-16(8-13-20)17-14-18-9-10-19-17/h1-5,9-10,14,16H,6-8,11-13H2. The molecule has 3 nitrogen and oxygen atoms in total. The fraction of sp³-hybridized carbons (Fsp3) is 0.412. The number of hydrogen-bond acceptors (Lipinski definition) is 3. The molecule has 0 aliphatic carbocycles. The van der Waals surface area contributed by atoms with Crippen LogP contribution < -0.4 is 0 Å². The third kappa shape index (κ3) is 3.42. The number of piperidine rings is 1. The average molecular weight is 267 g/mol. The summed E-state index contributed by atoms with van der Waals surface area (Å²) in [6.45, 7) is 3.51. The highest BCUT2D eigenvalue weighted by Gasteiger charge is 2.21. The highest BCUT2D eigenvalue weighted by Crippen LogP contribution is 2.25. The summed E-state index contributed by atoms with van der Waals surface area (Å²) in [6.07, 6.45) is 9.03. The van der Waals surface area contributed by atoms with E-state index in [1.165, 1.54) is 31.5 Å². The number of benzene rings is 1. The average Bonchev–Trinajstić information content (AvgIpc) is 2.55. The van der Waals surface area contributed by atoms with Crippen LogP contribution in [0.25, 0.3) is 0 Å². The topological polar surface area (TPSA) is 29.0 Å². The van der Waals surface area contributed by atoms with E-state index in [0.29, 0.717) is 5.92 Å². The minimum Gasteiger partial charge on any atom is -0.303 e. The molecule has 2 heterocycles. The van der Waals surface area contributed by atoms with Gasteiger partial charge in [-0.2, -0.15) is 0 Å². The van der Waals surface area contributed by atoms with Crippen LogP contribution in [-0.4, -0.2) is 34.5 Å². The van der Waals surface area contributed by atoms with Gasteiger partial charge in [-0.05, 0) is 37.9 Å². The van der Waals surface area contributed by atoms with Gasteiger partial charge in [0.2, 0.25) is 0 Å². The van der Waals surface area contributed by atoms with Crippen molar-refractivity contribution in [1.82, 2.24) is 14.9 Å². The summed E-state index contributed by atoms with van der Waals surface area (Å²) in [6, 6.07) is 10.7. The molecule has 1 aliphatic rings. The largest absolute Gasteiger partial charge is 0.303 e. The molecular weight excluding hydrogens is 246 g/mol. The first-order valence-corrected chi connectivity index (χ1v) is 7.44. The summed E-state index contributed by atoms with van der Waals surface area (Å²) in [7, 11) is 0. The Kier molecular flexibility index (Phi) is 4.38. The molecule has 1 aromatic carbocycles. The van der Waals surface area contributed by atoms with Crippen molar-refractivity contribution in [1.29, 1.82) is 0 Å². The number of nitrogens with zero attached hydrogens (tertiary/aromatic N) is 3. The first-order valence-electron chi connectivity index (χ1n) is 7.44. The normalized spacial score (nSPS) is 17.2. The summed E-state index contributed by atoms with van der Waals surface area (Å²) in [5, 5.41) is 0. The van der Waals surface area contributed by atoms with E-state index >= 15 is 0 Å². The summed E-state index contributed by atoms with van der Waals surface area (Å²) in [5.41, 5.74) is 2.60. The molecular formula is C17H21N3. The van der Waals surface area contributed by atoms with Crippen LogP contribution in [0.3, 0.4) is 0 Å². The molecule has 1 saturated heterocycles. The predicted molar refractivity (Wildman–Crippen MR) is 80.6 cm³/mol. The Hall–Kier alpha value is -1.74. The van der Waals surface area contributed by atoms with Gasteiger partial charge in [0.1, 0.15) is 0 Å². The van der Waals surface area contributed by atoms with Crippen LogP contribution in [0.4, 0.5) is 0 Å². The molecule has 0 radical (unpaired) electrons. The van der Waals surface area contributed by atoms with Gasteiger partial charge in [-0.25, -0.2) is 0 Å². The zero-order valence-electron chi connectivity index (χ0n) is 11.8. The third-order valence-corrected chi connectivity index (χ3v) is 4.15. The maximum absolute atomic E-state index is 4.44. The second-order valence-corrected chi connectivity index (χ2v) is 5.48. The van der Waals surface area contributed by atoms with Crippen molar-refractivity contribution in [3.63, 3.8) is 0 Å². The Bertz CT molecular complexity index is 504. The maximum Gasteiger partial charge on any atom is 0.0618 e. The van der Waals surface area contributed by atoms with Gasteiger partial charge < -0.3 is 4.90 Å². The molecule has 0 unspecified atom stereocenters. The van der Waals surface area contributed by atoms with Crippen LogP contribution >= 0.6 is 0 Å². The highest BCUT2D eigenvalue weighted by atomic mass is 15.1. The number of likely N-dealkylation sites (tertiary alicyclic amines) is 1. The Labute approximate surface area is 120 Å². The Morgan fingerprint density at radius 3 is 2.55 bits per heavy atom. The van der Waals surface area contributed by atoms with Crippen LogP contribution in [0.5, 0.6) is 0 Å². The van der Waals surface area contributed by atoms with Crippen molar-refractivity contribution in [2.45, 2.75) is 25.2 Å². The lowest BCUT2D eigenvalue weighted by atomic mass is 9.93. The van der Waals surface area contributed by atoms with E-state index in [1.54, 1.807) is 12.4 Å². The van der Waals surface area contributed by atoms with Gasteiger partial charge in [0, 0.05) is 31.1 Å². The van der Waals surface area contributed by atoms with Crippen molar-refractivity contribution in [3.8, 4) is 0 Å². The fourth-order valence-corrected chi connectivity index (χ4v) is 2.91. The molecule has 20 heavy (non-hydrogen) atoms. The zero-order chi connectivity index (χ0) is 13.6. The monoisotopic (exact) mass is 267 g/mol. The predicted octanol–water partition coefficient (Wildman–Crippen LogP) is 2.90. The van der Waals surface area contributed by atoms with Crippen LogP contribution in [0.1, 0.15) is 30.0 Å². The Balaban J connectivity index is 1.47. The Morgan fingerprint density at radius 2 is 1.85 bits per heavy atom. The molecule has 0 saturated carbocycles. The number of rotatable bonds is 4. The van der Waals surface area contributed by atoms with Crippen LogP contribution in [-0.2, 0) is 6.42 Å². The SMILES string of the molecule is c1ccc(CCN2CCC(c3cnccn3)CC2)cc1. The molecule has 0 amide bonds. The molecule has 3 rings (SSSR count). The van der Waals surface area contributed by atoms with Crippen molar-refractivity contribution >= 4 is 0 Å². The summed E-state index contributed by atoms with van der Waals surface area (Å²) in [4.78, 5) is 11.2. The molecule has 0 spiro atoms. The summed E-state index contributed by atoms with van der Waals surface area (Å²) < 4.78 is 0. The zero-order valence-corrected chi connectivity index (χ0v) is 11.8. The third-order valence-electron chi connectivity index (χ3n) is 4.15. The van der Waals surface area contributed by atoms with E-state index < -0.39 is 0 Å². The van der Waals surface area contributed by atoms with Gasteiger partial charge in [-0.15, -0.1) is 0 Å². The molecule has 1 aliphatic heterocycles. The quantitative estimate of drug-likeness (QED) is 0.853. The van der Waals surface area contributed by atoms with Gasteiger partial charge in [-0.1, -0.05) is 30.3 Å². The first kappa shape index (κ1) is 13.3. The molecule has 104 valence electrons. The fourth-order valence-electron chi connectivity index (χ4n) is 2.91. The van der Waals surface area contributed by atoms with Crippen LogP contribution in [0.15, 0.2) is 48.9 Å². The van der Waals surface area contributed by atoms with E-state index in [2.05, 4.69) is 45.2 Å². The molecule has 0 bridgehead atoms. The molecule has 2 aromatic rings.